The maximum absolute atomic E-state index is 11.8. The highest BCUT2D eigenvalue weighted by Gasteiger charge is 2.23. The van der Waals surface area contributed by atoms with E-state index in [1.54, 1.807) is 4.57 Å². The number of nitrogens with zero attached hydrogens (tertiary/aromatic N) is 2. The van der Waals surface area contributed by atoms with E-state index in [4.69, 9.17) is 11.6 Å². The number of aromatic nitrogens is 2. The maximum Gasteiger partial charge on any atom is 0.349 e. The predicted molar refractivity (Wildman–Crippen MR) is 64.1 cm³/mol. The molecule has 1 N–H and O–H groups in total. The molecule has 2 heterocycles. The normalized spacial score (nSPS) is 18.4. The Morgan fingerprint density at radius 1 is 1.50 bits per heavy atom. The number of halogens is 1. The van der Waals surface area contributed by atoms with E-state index in [0.717, 1.165) is 16.7 Å². The first-order chi connectivity index (χ1) is 7.79. The zero-order chi connectivity index (χ0) is 11.1. The molecule has 1 unspecified atom stereocenters. The van der Waals surface area contributed by atoms with Crippen LogP contribution in [0, 0.1) is 0 Å². The summed E-state index contributed by atoms with van der Waals surface area (Å²) in [7, 11) is 0. The van der Waals surface area contributed by atoms with Gasteiger partial charge in [-0.1, -0.05) is 12.1 Å². The zero-order valence-corrected chi connectivity index (χ0v) is 9.24. The van der Waals surface area contributed by atoms with Crippen molar-refractivity contribution in [3.63, 3.8) is 0 Å². The van der Waals surface area contributed by atoms with Crippen molar-refractivity contribution >= 4 is 28.3 Å². The lowest BCUT2D eigenvalue weighted by molar-refractivity contribution is 0.668. The summed E-state index contributed by atoms with van der Waals surface area (Å²) in [6.45, 7) is 0.593. The van der Waals surface area contributed by atoms with E-state index in [1.165, 1.54) is 0 Å². The number of anilines is 1. The first-order valence-electron chi connectivity index (χ1n) is 5.11. The van der Waals surface area contributed by atoms with Gasteiger partial charge in [-0.15, -0.1) is 11.6 Å². The number of hydrogen-bond donors (Lipinski definition) is 1. The Morgan fingerprint density at radius 2 is 2.31 bits per heavy atom. The summed E-state index contributed by atoms with van der Waals surface area (Å²) in [5.41, 5.74) is 0.510. The van der Waals surface area contributed by atoms with E-state index < -0.39 is 0 Å². The zero-order valence-electron chi connectivity index (χ0n) is 8.48. The summed E-state index contributed by atoms with van der Waals surface area (Å²) in [5.74, 6) is 1.32. The minimum Gasteiger partial charge on any atom is -0.365 e. The average molecular weight is 236 g/mol. The molecule has 0 saturated carbocycles. The van der Waals surface area contributed by atoms with Crippen LogP contribution in [-0.4, -0.2) is 21.5 Å². The van der Waals surface area contributed by atoms with Crippen LogP contribution in [0.1, 0.15) is 0 Å². The second-order valence-electron chi connectivity index (χ2n) is 3.87. The van der Waals surface area contributed by atoms with Gasteiger partial charge < -0.3 is 5.32 Å². The van der Waals surface area contributed by atoms with Gasteiger partial charge in [0.2, 0.25) is 0 Å². The van der Waals surface area contributed by atoms with Crippen molar-refractivity contribution in [2.75, 3.05) is 11.2 Å². The van der Waals surface area contributed by atoms with Crippen molar-refractivity contribution in [2.24, 2.45) is 0 Å². The lowest BCUT2D eigenvalue weighted by Gasteiger charge is -2.05. The van der Waals surface area contributed by atoms with Crippen molar-refractivity contribution in [1.29, 1.82) is 0 Å². The molecule has 5 heteroatoms. The van der Waals surface area contributed by atoms with Crippen LogP contribution < -0.4 is 11.0 Å². The van der Waals surface area contributed by atoms with E-state index in [-0.39, 0.29) is 11.7 Å². The molecule has 0 radical (unpaired) electrons. The topological polar surface area (TPSA) is 46.9 Å². The Kier molecular flexibility index (Phi) is 2.11. The Labute approximate surface area is 96.9 Å². The van der Waals surface area contributed by atoms with E-state index in [1.807, 2.05) is 24.3 Å². The molecule has 16 heavy (non-hydrogen) atoms. The smallest absolute Gasteiger partial charge is 0.349 e. The van der Waals surface area contributed by atoms with Gasteiger partial charge in [-0.05, 0) is 12.1 Å². The second-order valence-corrected chi connectivity index (χ2v) is 4.17. The number of fused-ring (bicyclic) bond motifs is 3. The molecular weight excluding hydrogens is 226 g/mol. The van der Waals surface area contributed by atoms with Gasteiger partial charge in [0.1, 0.15) is 5.82 Å². The summed E-state index contributed by atoms with van der Waals surface area (Å²) in [5, 5.41) is 4.23. The number of rotatable bonds is 1. The molecule has 3 rings (SSSR count). The molecule has 1 aliphatic rings. The molecule has 1 atom stereocenters. The number of benzene rings is 1. The van der Waals surface area contributed by atoms with E-state index >= 15 is 0 Å². The fourth-order valence-corrected chi connectivity index (χ4v) is 2.22. The third-order valence-electron chi connectivity index (χ3n) is 2.81. The van der Waals surface area contributed by atoms with Crippen LogP contribution in [-0.2, 0) is 6.54 Å². The molecule has 0 saturated heterocycles. The quantitative estimate of drug-likeness (QED) is 0.761. The molecule has 0 aliphatic carbocycles. The lowest BCUT2D eigenvalue weighted by Crippen LogP contribution is -2.23. The van der Waals surface area contributed by atoms with Crippen LogP contribution in [0.25, 0.3) is 10.9 Å². The molecule has 4 nitrogen and oxygen atoms in total. The van der Waals surface area contributed by atoms with Crippen LogP contribution in [0.4, 0.5) is 5.82 Å². The van der Waals surface area contributed by atoms with Crippen LogP contribution in [0.2, 0.25) is 0 Å². The first kappa shape index (κ1) is 9.66. The minimum absolute atomic E-state index is 0.113. The monoisotopic (exact) mass is 235 g/mol. The molecule has 1 aliphatic heterocycles. The molecule has 1 aromatic heterocycles. The molecule has 0 spiro atoms. The average Bonchev–Trinajstić information content (AvgIpc) is 2.74. The predicted octanol–water partition coefficient (Wildman–Crippen LogP) is 1.43. The molecule has 2 aromatic rings. The van der Waals surface area contributed by atoms with Crippen molar-refractivity contribution in [3.8, 4) is 0 Å². The van der Waals surface area contributed by atoms with Gasteiger partial charge in [-0.2, -0.15) is 4.98 Å². The third-order valence-corrected chi connectivity index (χ3v) is 3.18. The molecule has 0 fully saturated rings. The summed E-state index contributed by atoms with van der Waals surface area (Å²) < 4.78 is 1.65. The fourth-order valence-electron chi connectivity index (χ4n) is 2.05. The molecule has 1 aromatic carbocycles. The number of nitrogens with one attached hydrogen (secondary N) is 1. The van der Waals surface area contributed by atoms with Gasteiger partial charge in [0.15, 0.2) is 0 Å². The number of alkyl halides is 1. The van der Waals surface area contributed by atoms with Crippen molar-refractivity contribution in [1.82, 2.24) is 9.55 Å². The fraction of sp³-hybridized carbons (Fsp3) is 0.273. The second kappa shape index (κ2) is 3.49. The van der Waals surface area contributed by atoms with Gasteiger partial charge in [0, 0.05) is 11.3 Å². The molecule has 0 amide bonds. The van der Waals surface area contributed by atoms with Crippen LogP contribution >= 0.6 is 11.6 Å². The summed E-state index contributed by atoms with van der Waals surface area (Å²) in [4.78, 5) is 15.8. The maximum atomic E-state index is 11.8. The van der Waals surface area contributed by atoms with Gasteiger partial charge >= 0.3 is 5.69 Å². The third kappa shape index (κ3) is 1.30. The molecular formula is C11H10ClN3O. The van der Waals surface area contributed by atoms with Gasteiger partial charge in [0.25, 0.3) is 0 Å². The highest BCUT2D eigenvalue weighted by molar-refractivity contribution is 6.18. The standard InChI is InChI=1S/C11H10ClN3O/c12-5-7-6-15-10(13-7)8-3-1-2-4-9(8)14-11(15)16/h1-4,7,13H,5-6H2. The molecule has 0 bridgehead atoms. The largest absolute Gasteiger partial charge is 0.365 e. The number of hydrogen-bond acceptors (Lipinski definition) is 3. The van der Waals surface area contributed by atoms with Gasteiger partial charge in [0.05, 0.1) is 18.1 Å². The SMILES string of the molecule is O=c1nc2ccccc2c2n1CC(CCl)N2. The Bertz CT molecular complexity index is 608. The Balaban J connectivity index is 2.31. The summed E-state index contributed by atoms with van der Waals surface area (Å²) in [6.07, 6.45) is 0. The number of para-hydroxylation sites is 1. The van der Waals surface area contributed by atoms with Gasteiger partial charge in [-0.25, -0.2) is 4.79 Å². The van der Waals surface area contributed by atoms with Crippen molar-refractivity contribution < 1.29 is 0 Å². The van der Waals surface area contributed by atoms with Gasteiger partial charge in [-0.3, -0.25) is 4.57 Å². The van der Waals surface area contributed by atoms with E-state index in [9.17, 15) is 4.79 Å². The molecule has 82 valence electrons. The van der Waals surface area contributed by atoms with E-state index in [0.29, 0.717) is 12.4 Å². The van der Waals surface area contributed by atoms with Crippen LogP contribution in [0.15, 0.2) is 29.1 Å². The van der Waals surface area contributed by atoms with Crippen LogP contribution in [0.3, 0.4) is 0 Å². The highest BCUT2D eigenvalue weighted by Crippen LogP contribution is 2.25. The lowest BCUT2D eigenvalue weighted by atomic mass is 10.2. The first-order valence-corrected chi connectivity index (χ1v) is 5.65. The Hall–Kier alpha value is -1.55. The van der Waals surface area contributed by atoms with Crippen molar-refractivity contribution in [2.45, 2.75) is 12.6 Å². The van der Waals surface area contributed by atoms with E-state index in [2.05, 4.69) is 10.3 Å². The summed E-state index contributed by atoms with van der Waals surface area (Å²) in [6, 6.07) is 7.72. The van der Waals surface area contributed by atoms with Crippen molar-refractivity contribution in [3.05, 3.63) is 34.7 Å². The minimum atomic E-state index is -0.214. The highest BCUT2D eigenvalue weighted by atomic mass is 35.5. The summed E-state index contributed by atoms with van der Waals surface area (Å²) >= 11 is 5.80. The Morgan fingerprint density at radius 3 is 3.12 bits per heavy atom. The van der Waals surface area contributed by atoms with Crippen LogP contribution in [0.5, 0.6) is 0 Å².